The van der Waals surface area contributed by atoms with Crippen LogP contribution in [0.4, 0.5) is 0 Å². The summed E-state index contributed by atoms with van der Waals surface area (Å²) in [4.78, 5) is 12.2. The molecule has 1 aromatic heterocycles. The number of rotatable bonds is 4. The van der Waals surface area contributed by atoms with Crippen LogP contribution in [0.25, 0.3) is 0 Å². The number of aromatic nitrogens is 2. The van der Waals surface area contributed by atoms with Crippen molar-refractivity contribution in [2.45, 2.75) is 52.1 Å². The van der Waals surface area contributed by atoms with Gasteiger partial charge < -0.3 is 5.32 Å². The van der Waals surface area contributed by atoms with Crippen LogP contribution in [-0.2, 0) is 11.3 Å². The zero-order chi connectivity index (χ0) is 14.3. The second kappa shape index (κ2) is 5.51. The van der Waals surface area contributed by atoms with Crippen molar-refractivity contribution in [3.8, 4) is 0 Å². The number of nitrogens with one attached hydrogen (secondary N) is 1. The number of nitrogens with zero attached hydrogens (tertiary/aromatic N) is 2. The molecule has 0 saturated heterocycles. The van der Waals surface area contributed by atoms with Gasteiger partial charge in [-0.3, -0.25) is 9.48 Å². The molecule has 2 aliphatic carbocycles. The highest BCUT2D eigenvalue weighted by molar-refractivity contribution is 9.10. The smallest absolute Gasteiger partial charge is 0.241 e. The van der Waals surface area contributed by atoms with Crippen molar-refractivity contribution < 1.29 is 4.79 Å². The van der Waals surface area contributed by atoms with Crippen LogP contribution in [0.3, 0.4) is 0 Å². The summed E-state index contributed by atoms with van der Waals surface area (Å²) in [6.45, 7) is 4.43. The molecule has 1 amide bonds. The van der Waals surface area contributed by atoms with Gasteiger partial charge in [0, 0.05) is 6.04 Å². The maximum atomic E-state index is 12.2. The summed E-state index contributed by atoms with van der Waals surface area (Å²) in [5, 5.41) is 7.38. The Labute approximate surface area is 128 Å². The average Bonchev–Trinajstić information content (AvgIpc) is 3.10. The molecular weight excluding hydrogens is 318 g/mol. The second-order valence-corrected chi connectivity index (χ2v) is 7.28. The van der Waals surface area contributed by atoms with Gasteiger partial charge in [-0.25, -0.2) is 0 Å². The van der Waals surface area contributed by atoms with Crippen molar-refractivity contribution in [2.24, 2.45) is 17.8 Å². The van der Waals surface area contributed by atoms with Crippen LogP contribution in [0.2, 0.25) is 0 Å². The van der Waals surface area contributed by atoms with E-state index in [1.54, 1.807) is 10.9 Å². The van der Waals surface area contributed by atoms with E-state index in [9.17, 15) is 4.79 Å². The molecular formula is C15H22BrN3O. The quantitative estimate of drug-likeness (QED) is 0.916. The number of fused-ring (bicyclic) bond motifs is 2. The molecule has 2 saturated carbocycles. The van der Waals surface area contributed by atoms with Crippen LogP contribution in [0, 0.1) is 24.7 Å². The summed E-state index contributed by atoms with van der Waals surface area (Å²) in [5.74, 6) is 2.52. The number of hydrogen-bond donors (Lipinski definition) is 1. The van der Waals surface area contributed by atoms with Crippen molar-refractivity contribution in [3.05, 3.63) is 16.4 Å². The molecule has 20 heavy (non-hydrogen) atoms. The largest absolute Gasteiger partial charge is 0.352 e. The lowest BCUT2D eigenvalue weighted by Crippen LogP contribution is -2.41. The summed E-state index contributed by atoms with van der Waals surface area (Å²) in [6, 6.07) is 0.289. The van der Waals surface area contributed by atoms with Crippen LogP contribution in [-0.4, -0.2) is 21.7 Å². The van der Waals surface area contributed by atoms with E-state index < -0.39 is 0 Å². The van der Waals surface area contributed by atoms with Gasteiger partial charge in [-0.05, 0) is 66.8 Å². The van der Waals surface area contributed by atoms with E-state index >= 15 is 0 Å². The van der Waals surface area contributed by atoms with Gasteiger partial charge >= 0.3 is 0 Å². The standard InChI is InChI=1S/C15H22BrN3O/c1-9(13-6-11-3-4-12(13)5-11)18-15(20)8-19-10(2)14(16)7-17-19/h7,9,11-13H,3-6,8H2,1-2H3,(H,18,20)/t9-,11+,12+,13+/m1/s1. The Hall–Kier alpha value is -0.840. The third-order valence-electron chi connectivity index (χ3n) is 5.16. The number of amides is 1. The molecule has 1 heterocycles. The second-order valence-electron chi connectivity index (χ2n) is 6.43. The van der Waals surface area contributed by atoms with E-state index in [1.165, 1.54) is 25.7 Å². The average molecular weight is 340 g/mol. The molecule has 110 valence electrons. The molecule has 2 bridgehead atoms. The molecule has 5 heteroatoms. The Bertz CT molecular complexity index is 513. The van der Waals surface area contributed by atoms with Crippen molar-refractivity contribution in [1.82, 2.24) is 15.1 Å². The molecule has 2 aliphatic rings. The zero-order valence-electron chi connectivity index (χ0n) is 12.1. The van der Waals surface area contributed by atoms with E-state index in [2.05, 4.69) is 33.3 Å². The molecule has 3 rings (SSSR count). The topological polar surface area (TPSA) is 46.9 Å². The van der Waals surface area contributed by atoms with E-state index in [0.717, 1.165) is 22.0 Å². The minimum Gasteiger partial charge on any atom is -0.352 e. The molecule has 4 atom stereocenters. The fourth-order valence-corrected chi connectivity index (χ4v) is 4.33. The normalized spacial score (nSPS) is 29.6. The Kier molecular flexibility index (Phi) is 3.89. The maximum Gasteiger partial charge on any atom is 0.241 e. The minimum atomic E-state index is 0.0685. The highest BCUT2D eigenvalue weighted by Crippen LogP contribution is 2.49. The van der Waals surface area contributed by atoms with E-state index in [-0.39, 0.29) is 11.9 Å². The zero-order valence-corrected chi connectivity index (χ0v) is 13.7. The summed E-state index contributed by atoms with van der Waals surface area (Å²) in [7, 11) is 0. The Morgan fingerprint density at radius 1 is 1.55 bits per heavy atom. The molecule has 1 aromatic rings. The molecule has 2 fully saturated rings. The van der Waals surface area contributed by atoms with E-state index in [1.807, 2.05) is 6.92 Å². The first-order chi connectivity index (χ1) is 9.54. The van der Waals surface area contributed by atoms with Gasteiger partial charge in [-0.15, -0.1) is 0 Å². The first kappa shape index (κ1) is 14.1. The first-order valence-corrected chi connectivity index (χ1v) is 8.31. The lowest BCUT2D eigenvalue weighted by atomic mass is 9.84. The van der Waals surface area contributed by atoms with Crippen LogP contribution >= 0.6 is 15.9 Å². The summed E-state index contributed by atoms with van der Waals surface area (Å²) >= 11 is 3.42. The predicted octanol–water partition coefficient (Wildman–Crippen LogP) is 2.89. The lowest BCUT2D eigenvalue weighted by molar-refractivity contribution is -0.123. The molecule has 1 N–H and O–H groups in total. The summed E-state index contributed by atoms with van der Waals surface area (Å²) in [6.07, 6.45) is 7.19. The SMILES string of the molecule is Cc1c(Br)cnn1CC(=O)N[C@H](C)[C@@H]1C[C@H]2CC[C@H]1C2. The van der Waals surface area contributed by atoms with Crippen molar-refractivity contribution in [2.75, 3.05) is 0 Å². The van der Waals surface area contributed by atoms with Gasteiger partial charge in [0.2, 0.25) is 5.91 Å². The van der Waals surface area contributed by atoms with Crippen molar-refractivity contribution in [1.29, 1.82) is 0 Å². The predicted molar refractivity (Wildman–Crippen MR) is 81.2 cm³/mol. The van der Waals surface area contributed by atoms with Gasteiger partial charge in [0.05, 0.1) is 16.4 Å². The van der Waals surface area contributed by atoms with E-state index in [0.29, 0.717) is 12.5 Å². The summed E-state index contributed by atoms with van der Waals surface area (Å²) < 4.78 is 2.69. The first-order valence-electron chi connectivity index (χ1n) is 7.52. The van der Waals surface area contributed by atoms with Gasteiger partial charge in [0.15, 0.2) is 0 Å². The van der Waals surface area contributed by atoms with Crippen LogP contribution < -0.4 is 5.32 Å². The fourth-order valence-electron chi connectivity index (χ4n) is 4.03. The highest BCUT2D eigenvalue weighted by atomic mass is 79.9. The number of carbonyl (C=O) groups is 1. The van der Waals surface area contributed by atoms with Crippen molar-refractivity contribution in [3.63, 3.8) is 0 Å². The Morgan fingerprint density at radius 2 is 2.35 bits per heavy atom. The number of hydrogen-bond acceptors (Lipinski definition) is 2. The molecule has 0 radical (unpaired) electrons. The molecule has 4 nitrogen and oxygen atoms in total. The Balaban J connectivity index is 1.55. The Morgan fingerprint density at radius 3 is 2.90 bits per heavy atom. The van der Waals surface area contributed by atoms with E-state index in [4.69, 9.17) is 0 Å². The summed E-state index contributed by atoms with van der Waals surface area (Å²) in [5.41, 5.74) is 0.993. The molecule has 0 spiro atoms. The molecule has 0 aliphatic heterocycles. The fraction of sp³-hybridized carbons (Fsp3) is 0.733. The molecule has 0 aromatic carbocycles. The van der Waals surface area contributed by atoms with Crippen LogP contribution in [0.1, 0.15) is 38.3 Å². The van der Waals surface area contributed by atoms with Crippen molar-refractivity contribution >= 4 is 21.8 Å². The third-order valence-corrected chi connectivity index (χ3v) is 5.94. The third kappa shape index (κ3) is 2.65. The highest BCUT2D eigenvalue weighted by Gasteiger charge is 2.42. The van der Waals surface area contributed by atoms with Crippen LogP contribution in [0.15, 0.2) is 10.7 Å². The maximum absolute atomic E-state index is 12.2. The lowest BCUT2D eigenvalue weighted by Gasteiger charge is -2.28. The van der Waals surface area contributed by atoms with Gasteiger partial charge in [0.1, 0.15) is 6.54 Å². The molecule has 0 unspecified atom stereocenters. The van der Waals surface area contributed by atoms with Gasteiger partial charge in [0.25, 0.3) is 0 Å². The minimum absolute atomic E-state index is 0.0685. The number of carbonyl (C=O) groups excluding carboxylic acids is 1. The van der Waals surface area contributed by atoms with Gasteiger partial charge in [-0.1, -0.05) is 6.42 Å². The monoisotopic (exact) mass is 339 g/mol. The number of halogens is 1. The van der Waals surface area contributed by atoms with Gasteiger partial charge in [-0.2, -0.15) is 5.10 Å². The van der Waals surface area contributed by atoms with Crippen LogP contribution in [0.5, 0.6) is 0 Å².